The topological polar surface area (TPSA) is 57.7 Å². The number of hydrogen-bond acceptors (Lipinski definition) is 4. The summed E-state index contributed by atoms with van der Waals surface area (Å²) in [4.78, 5) is 15.2. The molecule has 0 aliphatic carbocycles. The summed E-state index contributed by atoms with van der Waals surface area (Å²) in [6.45, 7) is 5.58. The summed E-state index contributed by atoms with van der Waals surface area (Å²) in [5, 5.41) is 0. The summed E-state index contributed by atoms with van der Waals surface area (Å²) in [6, 6.07) is 10.7. The lowest BCUT2D eigenvalue weighted by Gasteiger charge is -2.33. The number of nitrogens with zero attached hydrogens (tertiary/aromatic N) is 2. The molecule has 1 aliphatic heterocycles. The predicted molar refractivity (Wildman–Crippen MR) is 107 cm³/mol. The summed E-state index contributed by atoms with van der Waals surface area (Å²) in [6.07, 6.45) is 0. The number of piperazine rings is 1. The normalized spacial score (nSPS) is 16.2. The fraction of sp³-hybridized carbons (Fsp3) is 0.389. The second kappa shape index (κ2) is 7.80. The summed E-state index contributed by atoms with van der Waals surface area (Å²) < 4.78 is 28.0. The Labute approximate surface area is 166 Å². The van der Waals surface area contributed by atoms with Gasteiger partial charge in [0.05, 0.1) is 13.6 Å². The van der Waals surface area contributed by atoms with Crippen molar-refractivity contribution in [2.24, 2.45) is 0 Å². The Kier molecular flexibility index (Phi) is 5.86. The van der Waals surface area contributed by atoms with Crippen LogP contribution in [-0.4, -0.2) is 49.7 Å². The van der Waals surface area contributed by atoms with Gasteiger partial charge in [-0.15, -0.1) is 11.3 Å². The zero-order chi connectivity index (χ0) is 18.9. The Bertz CT molecular complexity index is 883. The zero-order valence-corrected chi connectivity index (χ0v) is 17.9. The summed E-state index contributed by atoms with van der Waals surface area (Å²) in [7, 11) is -3.52. The minimum Gasteiger partial charge on any atom is -0.335 e. The van der Waals surface area contributed by atoms with E-state index in [1.165, 1.54) is 15.6 Å². The van der Waals surface area contributed by atoms with Gasteiger partial charge in [-0.05, 0) is 51.7 Å². The van der Waals surface area contributed by atoms with Crippen LogP contribution in [0.25, 0.3) is 0 Å². The van der Waals surface area contributed by atoms with Gasteiger partial charge in [0, 0.05) is 26.2 Å². The minimum atomic E-state index is -3.52. The van der Waals surface area contributed by atoms with Crippen LogP contribution < -0.4 is 0 Å². The van der Waals surface area contributed by atoms with Gasteiger partial charge in [-0.1, -0.05) is 26.0 Å². The molecule has 1 fully saturated rings. The van der Waals surface area contributed by atoms with E-state index in [-0.39, 0.29) is 5.91 Å². The number of benzene rings is 1. The molecule has 0 unspecified atom stereocenters. The lowest BCUT2D eigenvalue weighted by Crippen LogP contribution is -2.50. The molecular formula is C18H21BrN2O3S2. The molecule has 1 aromatic carbocycles. The van der Waals surface area contributed by atoms with Crippen LogP contribution in [0.3, 0.4) is 0 Å². The highest BCUT2D eigenvalue weighted by Crippen LogP contribution is 2.25. The van der Waals surface area contributed by atoms with Crippen LogP contribution in [-0.2, 0) is 10.0 Å². The molecular weight excluding hydrogens is 436 g/mol. The Balaban J connectivity index is 1.67. The third kappa shape index (κ3) is 4.03. The summed E-state index contributed by atoms with van der Waals surface area (Å²) in [5.41, 5.74) is 1.11. The van der Waals surface area contributed by atoms with Crippen molar-refractivity contribution in [3.63, 3.8) is 0 Å². The van der Waals surface area contributed by atoms with Crippen LogP contribution >= 0.6 is 27.3 Å². The van der Waals surface area contributed by atoms with Gasteiger partial charge in [0.25, 0.3) is 5.91 Å². The molecule has 0 bridgehead atoms. The van der Waals surface area contributed by atoms with Crippen molar-refractivity contribution in [2.45, 2.75) is 24.7 Å². The van der Waals surface area contributed by atoms with Crippen molar-refractivity contribution in [2.75, 3.05) is 26.2 Å². The number of hydrogen-bond donors (Lipinski definition) is 0. The SMILES string of the molecule is CC(C)c1ccc(S(=O)(=O)N2CCN(C(=O)c3ccc(Br)s3)CC2)cc1. The quantitative estimate of drug-likeness (QED) is 0.702. The third-order valence-corrected chi connectivity index (χ3v) is 8.02. The molecule has 0 spiro atoms. The summed E-state index contributed by atoms with van der Waals surface area (Å²) >= 11 is 4.75. The lowest BCUT2D eigenvalue weighted by molar-refractivity contribution is 0.0703. The highest BCUT2D eigenvalue weighted by Gasteiger charge is 2.30. The first kappa shape index (κ1) is 19.5. The zero-order valence-electron chi connectivity index (χ0n) is 14.7. The number of sulfonamides is 1. The smallest absolute Gasteiger partial charge is 0.264 e. The molecule has 3 rings (SSSR count). The van der Waals surface area contributed by atoms with Gasteiger partial charge >= 0.3 is 0 Å². The molecule has 140 valence electrons. The van der Waals surface area contributed by atoms with Crippen LogP contribution in [0.5, 0.6) is 0 Å². The Morgan fingerprint density at radius 1 is 1.04 bits per heavy atom. The van der Waals surface area contributed by atoms with Gasteiger partial charge in [-0.2, -0.15) is 4.31 Å². The molecule has 0 radical (unpaired) electrons. The Hall–Kier alpha value is -1.22. The van der Waals surface area contributed by atoms with Crippen LogP contribution in [0.15, 0.2) is 45.1 Å². The maximum atomic E-state index is 12.8. The number of thiophene rings is 1. The maximum Gasteiger partial charge on any atom is 0.264 e. The van der Waals surface area contributed by atoms with E-state index in [1.54, 1.807) is 23.1 Å². The third-order valence-electron chi connectivity index (χ3n) is 4.49. The number of rotatable bonds is 4. The van der Waals surface area contributed by atoms with Crippen LogP contribution in [0, 0.1) is 0 Å². The van der Waals surface area contributed by atoms with E-state index in [1.807, 2.05) is 18.2 Å². The molecule has 1 aromatic heterocycles. The second-order valence-corrected chi connectivity index (χ2v) is 10.9. The molecule has 1 aliphatic rings. The molecule has 26 heavy (non-hydrogen) atoms. The Morgan fingerprint density at radius 2 is 1.65 bits per heavy atom. The summed E-state index contributed by atoms with van der Waals surface area (Å²) in [5.74, 6) is 0.317. The largest absolute Gasteiger partial charge is 0.335 e. The molecule has 8 heteroatoms. The fourth-order valence-electron chi connectivity index (χ4n) is 2.89. The van der Waals surface area contributed by atoms with E-state index in [0.717, 1.165) is 9.35 Å². The number of halogens is 1. The van der Waals surface area contributed by atoms with Crippen molar-refractivity contribution in [1.82, 2.24) is 9.21 Å². The second-order valence-electron chi connectivity index (χ2n) is 6.52. The average molecular weight is 457 g/mol. The van der Waals surface area contributed by atoms with Crippen molar-refractivity contribution >= 4 is 43.2 Å². The maximum absolute atomic E-state index is 12.8. The molecule has 1 amide bonds. The predicted octanol–water partition coefficient (Wildman–Crippen LogP) is 3.78. The van der Waals surface area contributed by atoms with Gasteiger partial charge in [0.1, 0.15) is 0 Å². The van der Waals surface area contributed by atoms with E-state index in [0.29, 0.717) is 41.9 Å². The van der Waals surface area contributed by atoms with Crippen molar-refractivity contribution in [3.05, 3.63) is 50.6 Å². The first-order chi connectivity index (χ1) is 12.3. The van der Waals surface area contributed by atoms with Crippen molar-refractivity contribution in [3.8, 4) is 0 Å². The highest BCUT2D eigenvalue weighted by molar-refractivity contribution is 9.11. The molecule has 2 aromatic rings. The number of carbonyl (C=O) groups excluding carboxylic acids is 1. The van der Waals surface area contributed by atoms with E-state index >= 15 is 0 Å². The van der Waals surface area contributed by atoms with E-state index in [4.69, 9.17) is 0 Å². The molecule has 5 nitrogen and oxygen atoms in total. The van der Waals surface area contributed by atoms with Gasteiger partial charge in [0.15, 0.2) is 0 Å². The fourth-order valence-corrected chi connectivity index (χ4v) is 5.67. The standard InChI is InChI=1S/C18H21BrN2O3S2/c1-13(2)14-3-5-15(6-4-14)26(23,24)21-11-9-20(10-12-21)18(22)16-7-8-17(19)25-16/h3-8,13H,9-12H2,1-2H3. The average Bonchev–Trinajstić information content (AvgIpc) is 3.07. The van der Waals surface area contributed by atoms with Gasteiger partial charge in [0.2, 0.25) is 10.0 Å². The van der Waals surface area contributed by atoms with Gasteiger partial charge in [-0.25, -0.2) is 8.42 Å². The Morgan fingerprint density at radius 3 is 2.15 bits per heavy atom. The highest BCUT2D eigenvalue weighted by atomic mass is 79.9. The van der Waals surface area contributed by atoms with Crippen molar-refractivity contribution < 1.29 is 13.2 Å². The first-order valence-electron chi connectivity index (χ1n) is 8.44. The molecule has 0 atom stereocenters. The number of carbonyl (C=O) groups is 1. The molecule has 0 saturated carbocycles. The van der Waals surface area contributed by atoms with Crippen LogP contribution in [0.4, 0.5) is 0 Å². The minimum absolute atomic E-state index is 0.0426. The van der Waals surface area contributed by atoms with E-state index in [2.05, 4.69) is 29.8 Å². The van der Waals surface area contributed by atoms with Gasteiger partial charge in [-0.3, -0.25) is 4.79 Å². The number of amides is 1. The molecule has 2 heterocycles. The lowest BCUT2D eigenvalue weighted by atomic mass is 10.0. The van der Waals surface area contributed by atoms with E-state index in [9.17, 15) is 13.2 Å². The van der Waals surface area contributed by atoms with Gasteiger partial charge < -0.3 is 4.90 Å². The van der Waals surface area contributed by atoms with Crippen LogP contribution in [0.1, 0.15) is 35.0 Å². The molecule has 0 N–H and O–H groups in total. The first-order valence-corrected chi connectivity index (χ1v) is 11.5. The van der Waals surface area contributed by atoms with Crippen LogP contribution in [0.2, 0.25) is 0 Å². The van der Waals surface area contributed by atoms with Crippen molar-refractivity contribution in [1.29, 1.82) is 0 Å². The monoisotopic (exact) mass is 456 g/mol. The molecule has 1 saturated heterocycles. The van der Waals surface area contributed by atoms with E-state index < -0.39 is 10.0 Å².